The lowest BCUT2D eigenvalue weighted by molar-refractivity contribution is -0.112. The highest BCUT2D eigenvalue weighted by Gasteiger charge is 2.19. The van der Waals surface area contributed by atoms with Crippen molar-refractivity contribution >= 4 is 38.6 Å². The second-order valence-electron chi connectivity index (χ2n) is 7.68. The fraction of sp³-hybridized carbons (Fsp3) is 0.0769. The Morgan fingerprint density at radius 3 is 2.47 bits per heavy atom. The van der Waals surface area contributed by atoms with E-state index in [0.717, 1.165) is 46.9 Å². The summed E-state index contributed by atoms with van der Waals surface area (Å²) in [7, 11) is -2.71. The summed E-state index contributed by atoms with van der Waals surface area (Å²) in [5, 5.41) is 21.0. The molecule has 0 aliphatic carbocycles. The van der Waals surface area contributed by atoms with E-state index in [9.17, 15) is 22.9 Å². The fourth-order valence-electron chi connectivity index (χ4n) is 3.21. The second kappa shape index (κ2) is 11.6. The van der Waals surface area contributed by atoms with E-state index in [0.29, 0.717) is 11.4 Å². The van der Waals surface area contributed by atoms with Crippen LogP contribution in [0.3, 0.4) is 0 Å². The van der Waals surface area contributed by atoms with E-state index in [-0.39, 0.29) is 26.9 Å². The van der Waals surface area contributed by atoms with Crippen LogP contribution in [0.25, 0.3) is 6.08 Å². The zero-order valence-corrected chi connectivity index (χ0v) is 21.4. The summed E-state index contributed by atoms with van der Waals surface area (Å²) < 4.78 is 48.8. The maximum absolute atomic E-state index is 13.2. The quantitative estimate of drug-likeness (QED) is 0.182. The van der Waals surface area contributed by atoms with Gasteiger partial charge < -0.3 is 8.92 Å². The minimum absolute atomic E-state index is 0.116. The van der Waals surface area contributed by atoms with Crippen molar-refractivity contribution in [2.75, 3.05) is 12.4 Å². The van der Waals surface area contributed by atoms with Gasteiger partial charge in [0.1, 0.15) is 38.9 Å². The highest BCUT2D eigenvalue weighted by atomic mass is 32.2. The monoisotopic (exact) mass is 550 g/mol. The Kier molecular flexibility index (Phi) is 8.10. The van der Waals surface area contributed by atoms with E-state index in [1.54, 1.807) is 19.2 Å². The second-order valence-corrected chi connectivity index (χ2v) is 10.3. The van der Waals surface area contributed by atoms with Gasteiger partial charge in [-0.25, -0.2) is 4.39 Å². The van der Waals surface area contributed by atoms with Gasteiger partial charge in [-0.1, -0.05) is 41.7 Å². The highest BCUT2D eigenvalue weighted by Crippen LogP contribution is 2.26. The first-order valence-corrected chi connectivity index (χ1v) is 13.2. The molecule has 0 saturated heterocycles. The van der Waals surface area contributed by atoms with Crippen LogP contribution in [0.5, 0.6) is 11.5 Å². The third kappa shape index (κ3) is 6.58. The third-order valence-electron chi connectivity index (χ3n) is 5.09. The number of amides is 1. The average molecular weight is 551 g/mol. The molecule has 38 heavy (non-hydrogen) atoms. The number of nitrogens with zero attached hydrogens (tertiary/aromatic N) is 3. The summed E-state index contributed by atoms with van der Waals surface area (Å²) in [4.78, 5) is 12.5. The van der Waals surface area contributed by atoms with Gasteiger partial charge in [-0.15, -0.1) is 10.2 Å². The van der Waals surface area contributed by atoms with Gasteiger partial charge in [0.2, 0.25) is 5.13 Å². The zero-order chi connectivity index (χ0) is 27.1. The molecule has 0 bridgehead atoms. The van der Waals surface area contributed by atoms with Crippen LogP contribution in [0.1, 0.15) is 16.1 Å². The van der Waals surface area contributed by atoms with Gasteiger partial charge in [0, 0.05) is 12.0 Å². The molecule has 0 atom stereocenters. The largest absolute Gasteiger partial charge is 0.497 e. The Labute approximate surface area is 221 Å². The van der Waals surface area contributed by atoms with Gasteiger partial charge in [0.25, 0.3) is 5.91 Å². The van der Waals surface area contributed by atoms with E-state index in [4.69, 9.17) is 8.92 Å². The van der Waals surface area contributed by atoms with Crippen molar-refractivity contribution in [2.24, 2.45) is 0 Å². The molecule has 0 fully saturated rings. The number of aromatic nitrogens is 2. The standard InChI is InChI=1S/C26H19FN4O5S2/c1-35-21-10-6-17(7-11-21)14-24-30-31-26(37-24)29-25(32)19(16-28)15-18-4-2-3-5-23(18)36-38(33,34)22-12-8-20(27)9-13-22/h2-13,15H,14H2,1H3,(H,29,31,32)/b19-15+. The summed E-state index contributed by atoms with van der Waals surface area (Å²) in [5.41, 5.74) is 0.833. The molecule has 0 aliphatic heterocycles. The zero-order valence-electron chi connectivity index (χ0n) is 19.8. The van der Waals surface area contributed by atoms with E-state index >= 15 is 0 Å². The van der Waals surface area contributed by atoms with Gasteiger partial charge in [-0.2, -0.15) is 13.7 Å². The number of benzene rings is 3. The van der Waals surface area contributed by atoms with Crippen molar-refractivity contribution in [1.29, 1.82) is 5.26 Å². The summed E-state index contributed by atoms with van der Waals surface area (Å²) in [6.07, 6.45) is 1.69. The first kappa shape index (κ1) is 26.5. The predicted octanol–water partition coefficient (Wildman–Crippen LogP) is 4.59. The molecule has 0 spiro atoms. The van der Waals surface area contributed by atoms with Gasteiger partial charge in [-0.3, -0.25) is 10.1 Å². The molecule has 1 heterocycles. The first-order chi connectivity index (χ1) is 18.3. The number of para-hydroxylation sites is 1. The van der Waals surface area contributed by atoms with E-state index < -0.39 is 21.8 Å². The Balaban J connectivity index is 1.49. The maximum Gasteiger partial charge on any atom is 0.339 e. The normalized spacial score (nSPS) is 11.4. The number of carbonyl (C=O) groups is 1. The van der Waals surface area contributed by atoms with Crippen LogP contribution in [-0.4, -0.2) is 31.6 Å². The predicted molar refractivity (Wildman–Crippen MR) is 139 cm³/mol. The van der Waals surface area contributed by atoms with Crippen LogP contribution >= 0.6 is 11.3 Å². The van der Waals surface area contributed by atoms with Crippen LogP contribution in [0, 0.1) is 17.1 Å². The molecule has 0 saturated carbocycles. The number of nitriles is 1. The van der Waals surface area contributed by atoms with Crippen LogP contribution in [0.15, 0.2) is 83.3 Å². The SMILES string of the molecule is COc1ccc(Cc2nnc(NC(=O)/C(C#N)=C/c3ccccc3OS(=O)(=O)c3ccc(F)cc3)s2)cc1. The molecule has 1 amide bonds. The van der Waals surface area contributed by atoms with Crippen LogP contribution in [0.4, 0.5) is 9.52 Å². The smallest absolute Gasteiger partial charge is 0.339 e. The molecule has 4 aromatic rings. The molecule has 0 aliphatic rings. The molecule has 3 aromatic carbocycles. The molecule has 9 nitrogen and oxygen atoms in total. The number of hydrogen-bond acceptors (Lipinski definition) is 9. The average Bonchev–Trinajstić information content (AvgIpc) is 3.35. The van der Waals surface area contributed by atoms with E-state index in [1.165, 1.54) is 24.3 Å². The molecular formula is C26H19FN4O5S2. The Bertz CT molecular complexity index is 1630. The number of carbonyl (C=O) groups excluding carboxylic acids is 1. The number of methoxy groups -OCH3 is 1. The number of hydrogen-bond donors (Lipinski definition) is 1. The van der Waals surface area contributed by atoms with Crippen molar-refractivity contribution in [3.05, 3.63) is 100 Å². The molecule has 4 rings (SSSR count). The van der Waals surface area contributed by atoms with Crippen LogP contribution < -0.4 is 14.2 Å². The van der Waals surface area contributed by atoms with Crippen LogP contribution in [-0.2, 0) is 21.3 Å². The number of nitrogens with one attached hydrogen (secondary N) is 1. The van der Waals surface area contributed by atoms with Crippen molar-refractivity contribution in [3.8, 4) is 17.6 Å². The van der Waals surface area contributed by atoms with Gasteiger partial charge >= 0.3 is 10.1 Å². The Hall–Kier alpha value is -4.60. The van der Waals surface area contributed by atoms with Crippen molar-refractivity contribution < 1.29 is 26.5 Å². The van der Waals surface area contributed by atoms with E-state index in [1.807, 2.05) is 24.3 Å². The lowest BCUT2D eigenvalue weighted by atomic mass is 10.1. The number of halogens is 1. The number of ether oxygens (including phenoxy) is 1. The number of rotatable bonds is 9. The lowest BCUT2D eigenvalue weighted by Gasteiger charge is -2.10. The molecular weight excluding hydrogens is 531 g/mol. The Morgan fingerprint density at radius 2 is 1.79 bits per heavy atom. The molecule has 0 unspecified atom stereocenters. The first-order valence-electron chi connectivity index (χ1n) is 10.9. The fourth-order valence-corrected chi connectivity index (χ4v) is 4.93. The third-order valence-corrected chi connectivity index (χ3v) is 7.17. The minimum Gasteiger partial charge on any atom is -0.497 e. The van der Waals surface area contributed by atoms with Crippen molar-refractivity contribution in [1.82, 2.24) is 10.2 Å². The topological polar surface area (TPSA) is 131 Å². The van der Waals surface area contributed by atoms with Crippen LogP contribution in [0.2, 0.25) is 0 Å². The van der Waals surface area contributed by atoms with Crippen molar-refractivity contribution in [2.45, 2.75) is 11.3 Å². The van der Waals surface area contributed by atoms with Crippen molar-refractivity contribution in [3.63, 3.8) is 0 Å². The van der Waals surface area contributed by atoms with E-state index in [2.05, 4.69) is 15.5 Å². The van der Waals surface area contributed by atoms with Gasteiger partial charge in [-0.05, 0) is 54.1 Å². The molecule has 12 heteroatoms. The summed E-state index contributed by atoms with van der Waals surface area (Å²) in [6.45, 7) is 0. The number of anilines is 1. The molecule has 1 N–H and O–H groups in total. The molecule has 1 aromatic heterocycles. The maximum atomic E-state index is 13.2. The summed E-state index contributed by atoms with van der Waals surface area (Å²) >= 11 is 1.16. The Morgan fingerprint density at radius 1 is 1.08 bits per heavy atom. The minimum atomic E-state index is -4.29. The highest BCUT2D eigenvalue weighted by molar-refractivity contribution is 7.87. The summed E-state index contributed by atoms with van der Waals surface area (Å²) in [6, 6.07) is 19.4. The van der Waals surface area contributed by atoms with Gasteiger partial charge in [0.05, 0.1) is 7.11 Å². The van der Waals surface area contributed by atoms with Gasteiger partial charge in [0.15, 0.2) is 0 Å². The molecule has 192 valence electrons. The molecule has 0 radical (unpaired) electrons. The summed E-state index contributed by atoms with van der Waals surface area (Å²) in [5.74, 6) is -0.735. The lowest BCUT2D eigenvalue weighted by Crippen LogP contribution is -2.14.